The molecule has 1 heterocycles. The number of nitrogens with one attached hydrogen (secondary N) is 1. The Balaban J connectivity index is 1.78. The number of nitrogens with zero attached hydrogens (tertiary/aromatic N) is 2. The summed E-state index contributed by atoms with van der Waals surface area (Å²) in [4.78, 5) is 11.7. The Hall–Kier alpha value is -1.56. The average Bonchev–Trinajstić information content (AvgIpc) is 2.88. The molecule has 0 aromatic carbocycles. The van der Waals surface area contributed by atoms with Crippen molar-refractivity contribution < 1.29 is 9.53 Å². The molecule has 2 rings (SSSR count). The van der Waals surface area contributed by atoms with Crippen LogP contribution < -0.4 is 11.1 Å². The molecule has 6 nitrogen and oxygen atoms in total. The number of amides is 1. The zero-order valence-corrected chi connectivity index (χ0v) is 9.93. The van der Waals surface area contributed by atoms with E-state index in [1.807, 2.05) is 0 Å². The lowest BCUT2D eigenvalue weighted by Gasteiger charge is -2.12. The summed E-state index contributed by atoms with van der Waals surface area (Å²) in [7, 11) is 1.71. The zero-order valence-electron chi connectivity index (χ0n) is 9.93. The maximum absolute atomic E-state index is 11.7. The van der Waals surface area contributed by atoms with Gasteiger partial charge in [0.2, 0.25) is 5.91 Å². The molecule has 2 unspecified atom stereocenters. The van der Waals surface area contributed by atoms with E-state index in [2.05, 4.69) is 10.4 Å². The van der Waals surface area contributed by atoms with Gasteiger partial charge in [-0.25, -0.2) is 0 Å². The molecule has 0 aliphatic heterocycles. The number of hydrogen-bond acceptors (Lipinski definition) is 4. The topological polar surface area (TPSA) is 82.2 Å². The van der Waals surface area contributed by atoms with E-state index in [0.29, 0.717) is 5.69 Å². The molecule has 3 N–H and O–H groups in total. The van der Waals surface area contributed by atoms with E-state index in [-0.39, 0.29) is 24.6 Å². The van der Waals surface area contributed by atoms with Crippen LogP contribution in [-0.2, 0) is 16.1 Å². The Bertz CT molecular complexity index is 391. The van der Waals surface area contributed by atoms with Crippen molar-refractivity contribution in [2.75, 3.05) is 12.8 Å². The van der Waals surface area contributed by atoms with Gasteiger partial charge in [0.1, 0.15) is 6.54 Å². The second kappa shape index (κ2) is 5.18. The van der Waals surface area contributed by atoms with E-state index < -0.39 is 0 Å². The van der Waals surface area contributed by atoms with Gasteiger partial charge in [0, 0.05) is 19.3 Å². The smallest absolute Gasteiger partial charge is 0.241 e. The molecule has 17 heavy (non-hydrogen) atoms. The first-order valence-corrected chi connectivity index (χ1v) is 5.77. The van der Waals surface area contributed by atoms with Crippen molar-refractivity contribution in [2.24, 2.45) is 0 Å². The summed E-state index contributed by atoms with van der Waals surface area (Å²) in [6.45, 7) is 0.214. The van der Waals surface area contributed by atoms with E-state index in [4.69, 9.17) is 10.5 Å². The van der Waals surface area contributed by atoms with Crippen LogP contribution in [-0.4, -0.2) is 34.9 Å². The van der Waals surface area contributed by atoms with Crippen molar-refractivity contribution in [3.05, 3.63) is 12.4 Å². The Morgan fingerprint density at radius 2 is 2.53 bits per heavy atom. The SMILES string of the molecule is COC1CCC(NC(=O)Cn2cc(N)cn2)C1. The number of rotatable bonds is 4. The van der Waals surface area contributed by atoms with Crippen LogP contribution in [0.25, 0.3) is 0 Å². The fraction of sp³-hybridized carbons (Fsp3) is 0.636. The van der Waals surface area contributed by atoms with Crippen LogP contribution in [0.3, 0.4) is 0 Å². The van der Waals surface area contributed by atoms with Gasteiger partial charge in [0.05, 0.1) is 18.0 Å². The van der Waals surface area contributed by atoms with Crippen LogP contribution in [0.15, 0.2) is 12.4 Å². The number of nitrogens with two attached hydrogens (primary N) is 1. The number of nitrogen functional groups attached to an aromatic ring is 1. The second-order valence-electron chi connectivity index (χ2n) is 4.41. The van der Waals surface area contributed by atoms with E-state index >= 15 is 0 Å². The third kappa shape index (κ3) is 3.20. The Kier molecular flexibility index (Phi) is 3.63. The third-order valence-electron chi connectivity index (χ3n) is 3.04. The highest BCUT2D eigenvalue weighted by Crippen LogP contribution is 2.21. The van der Waals surface area contributed by atoms with E-state index in [0.717, 1.165) is 19.3 Å². The summed E-state index contributed by atoms with van der Waals surface area (Å²) in [6.07, 6.45) is 6.34. The predicted molar refractivity (Wildman–Crippen MR) is 63.2 cm³/mol. The van der Waals surface area contributed by atoms with Crippen LogP contribution in [0.2, 0.25) is 0 Å². The van der Waals surface area contributed by atoms with E-state index in [1.165, 1.54) is 10.9 Å². The number of hydrogen-bond donors (Lipinski definition) is 2. The van der Waals surface area contributed by atoms with Gasteiger partial charge in [-0.05, 0) is 19.3 Å². The number of ether oxygens (including phenoxy) is 1. The van der Waals surface area contributed by atoms with Gasteiger partial charge in [-0.3, -0.25) is 9.48 Å². The average molecular weight is 238 g/mol. The highest BCUT2D eigenvalue weighted by Gasteiger charge is 2.25. The van der Waals surface area contributed by atoms with Crippen LogP contribution in [0.1, 0.15) is 19.3 Å². The minimum atomic E-state index is -0.0325. The van der Waals surface area contributed by atoms with Crippen LogP contribution in [0.4, 0.5) is 5.69 Å². The molecular formula is C11H18N4O2. The minimum absolute atomic E-state index is 0.0325. The van der Waals surface area contributed by atoms with Crippen LogP contribution >= 0.6 is 0 Å². The fourth-order valence-corrected chi connectivity index (χ4v) is 2.17. The van der Waals surface area contributed by atoms with Gasteiger partial charge in [0.25, 0.3) is 0 Å². The number of aromatic nitrogens is 2. The molecule has 6 heteroatoms. The maximum atomic E-state index is 11.7. The van der Waals surface area contributed by atoms with Gasteiger partial charge in [-0.15, -0.1) is 0 Å². The lowest BCUT2D eigenvalue weighted by Crippen LogP contribution is -2.35. The predicted octanol–water partition coefficient (Wildman–Crippen LogP) is 0.149. The van der Waals surface area contributed by atoms with Crippen molar-refractivity contribution in [1.29, 1.82) is 0 Å². The first kappa shape index (κ1) is 11.9. The molecule has 1 aliphatic carbocycles. The summed E-state index contributed by atoms with van der Waals surface area (Å²) >= 11 is 0. The molecule has 1 aromatic heterocycles. The third-order valence-corrected chi connectivity index (χ3v) is 3.04. The van der Waals surface area contributed by atoms with Crippen LogP contribution in [0.5, 0.6) is 0 Å². The summed E-state index contributed by atoms with van der Waals surface area (Å²) in [5, 5.41) is 6.95. The highest BCUT2D eigenvalue weighted by molar-refractivity contribution is 5.76. The first-order chi connectivity index (χ1) is 8.17. The molecule has 1 saturated carbocycles. The highest BCUT2D eigenvalue weighted by atomic mass is 16.5. The molecule has 1 fully saturated rings. The van der Waals surface area contributed by atoms with Gasteiger partial charge in [-0.1, -0.05) is 0 Å². The molecule has 94 valence electrons. The number of carbonyl (C=O) groups excluding carboxylic acids is 1. The van der Waals surface area contributed by atoms with Gasteiger partial charge in [0.15, 0.2) is 0 Å². The monoisotopic (exact) mass is 238 g/mol. The summed E-state index contributed by atoms with van der Waals surface area (Å²) in [6, 6.07) is 0.223. The lowest BCUT2D eigenvalue weighted by atomic mass is 10.2. The Labute approximate surface area is 100 Å². The van der Waals surface area contributed by atoms with Gasteiger partial charge >= 0.3 is 0 Å². The number of anilines is 1. The fourth-order valence-electron chi connectivity index (χ4n) is 2.17. The minimum Gasteiger partial charge on any atom is -0.396 e. The van der Waals surface area contributed by atoms with Crippen molar-refractivity contribution in [1.82, 2.24) is 15.1 Å². The van der Waals surface area contributed by atoms with Crippen molar-refractivity contribution in [3.63, 3.8) is 0 Å². The molecule has 1 aromatic rings. The maximum Gasteiger partial charge on any atom is 0.241 e. The summed E-state index contributed by atoms with van der Waals surface area (Å²) in [5.41, 5.74) is 6.09. The van der Waals surface area contributed by atoms with Crippen LogP contribution in [0, 0.1) is 0 Å². The molecular weight excluding hydrogens is 220 g/mol. The van der Waals surface area contributed by atoms with Crippen molar-refractivity contribution in [2.45, 2.75) is 38.0 Å². The quantitative estimate of drug-likeness (QED) is 0.782. The van der Waals surface area contributed by atoms with Crippen molar-refractivity contribution in [3.8, 4) is 0 Å². The van der Waals surface area contributed by atoms with Gasteiger partial charge < -0.3 is 15.8 Å². The Morgan fingerprint density at radius 3 is 3.12 bits per heavy atom. The Morgan fingerprint density at radius 1 is 1.71 bits per heavy atom. The van der Waals surface area contributed by atoms with E-state index in [1.54, 1.807) is 13.3 Å². The standard InChI is InChI=1S/C11H18N4O2/c1-17-10-3-2-9(4-10)14-11(16)7-15-6-8(12)5-13-15/h5-6,9-10H,2-4,7,12H2,1H3,(H,14,16). The summed E-state index contributed by atoms with van der Waals surface area (Å²) < 4.78 is 6.79. The lowest BCUT2D eigenvalue weighted by molar-refractivity contribution is -0.122. The normalized spacial score (nSPS) is 23.8. The zero-order chi connectivity index (χ0) is 12.3. The largest absolute Gasteiger partial charge is 0.396 e. The molecule has 1 amide bonds. The van der Waals surface area contributed by atoms with Crippen molar-refractivity contribution >= 4 is 11.6 Å². The van der Waals surface area contributed by atoms with E-state index in [9.17, 15) is 4.79 Å². The number of carbonyl (C=O) groups is 1. The molecule has 0 saturated heterocycles. The molecule has 0 bridgehead atoms. The number of methoxy groups -OCH3 is 1. The molecule has 0 spiro atoms. The molecule has 0 radical (unpaired) electrons. The second-order valence-corrected chi connectivity index (χ2v) is 4.41. The summed E-state index contributed by atoms with van der Waals surface area (Å²) in [5.74, 6) is -0.0325. The van der Waals surface area contributed by atoms with Gasteiger partial charge in [-0.2, -0.15) is 5.10 Å². The molecule has 1 aliphatic rings. The molecule has 2 atom stereocenters. The first-order valence-electron chi connectivity index (χ1n) is 5.77.